The van der Waals surface area contributed by atoms with Gasteiger partial charge in [-0.25, -0.2) is 8.78 Å². The van der Waals surface area contributed by atoms with Gasteiger partial charge in [-0.1, -0.05) is 6.07 Å². The molecule has 1 saturated heterocycles. The van der Waals surface area contributed by atoms with Crippen molar-refractivity contribution in [3.05, 3.63) is 34.1 Å². The van der Waals surface area contributed by atoms with E-state index in [4.69, 9.17) is 0 Å². The zero-order valence-corrected chi connectivity index (χ0v) is 12.2. The average molecular weight is 342 g/mol. The third kappa shape index (κ3) is 3.63. The summed E-state index contributed by atoms with van der Waals surface area (Å²) in [4.78, 5) is 2.05. The minimum Gasteiger partial charge on any atom is -0.314 e. The fourth-order valence-electron chi connectivity index (χ4n) is 2.11. The topological polar surface area (TPSA) is 15.3 Å². The van der Waals surface area contributed by atoms with Crippen LogP contribution in [0.3, 0.4) is 0 Å². The molecule has 0 bridgehead atoms. The van der Waals surface area contributed by atoms with Gasteiger partial charge in [-0.05, 0) is 33.6 Å². The van der Waals surface area contributed by atoms with E-state index in [-0.39, 0.29) is 24.3 Å². The van der Waals surface area contributed by atoms with E-state index in [2.05, 4.69) is 26.1 Å². The first-order valence-electron chi connectivity index (χ1n) is 5.68. The first-order valence-corrected chi connectivity index (χ1v) is 6.47. The van der Waals surface area contributed by atoms with Crippen molar-refractivity contribution in [3.63, 3.8) is 0 Å². The highest BCUT2D eigenvalue weighted by Gasteiger charge is 2.22. The molecule has 0 aliphatic carbocycles. The van der Waals surface area contributed by atoms with Crippen LogP contribution in [0.1, 0.15) is 11.6 Å². The molecule has 1 N–H and O–H groups in total. The summed E-state index contributed by atoms with van der Waals surface area (Å²) in [6.07, 6.45) is 0. The molecule has 0 unspecified atom stereocenters. The number of rotatable bonds is 3. The molecule has 2 nitrogen and oxygen atoms in total. The molecule has 0 aromatic heterocycles. The summed E-state index contributed by atoms with van der Waals surface area (Å²) in [7, 11) is 0. The minimum atomic E-state index is -0.485. The number of benzene rings is 1. The molecule has 102 valence electrons. The minimum absolute atomic E-state index is 0. The van der Waals surface area contributed by atoms with Gasteiger partial charge in [0.1, 0.15) is 12.5 Å². The maximum atomic E-state index is 13.4. The zero-order chi connectivity index (χ0) is 12.3. The Morgan fingerprint density at radius 1 is 1.33 bits per heavy atom. The highest BCUT2D eigenvalue weighted by atomic mass is 79.9. The second-order valence-electron chi connectivity index (χ2n) is 4.13. The SMILES string of the molecule is Cl.FC[C@@H](c1ccc(Br)c(F)c1)N1CCNCC1. The van der Waals surface area contributed by atoms with Crippen molar-refractivity contribution in [2.75, 3.05) is 32.9 Å². The van der Waals surface area contributed by atoms with Crippen molar-refractivity contribution in [3.8, 4) is 0 Å². The van der Waals surface area contributed by atoms with Gasteiger partial charge in [0.15, 0.2) is 0 Å². The highest BCUT2D eigenvalue weighted by molar-refractivity contribution is 9.10. The van der Waals surface area contributed by atoms with Gasteiger partial charge in [-0.2, -0.15) is 0 Å². The number of nitrogens with zero attached hydrogens (tertiary/aromatic N) is 1. The van der Waals surface area contributed by atoms with Crippen LogP contribution >= 0.6 is 28.3 Å². The van der Waals surface area contributed by atoms with Crippen molar-refractivity contribution in [1.29, 1.82) is 0 Å². The zero-order valence-electron chi connectivity index (χ0n) is 9.83. The summed E-state index contributed by atoms with van der Waals surface area (Å²) in [5, 5.41) is 3.22. The lowest BCUT2D eigenvalue weighted by Gasteiger charge is -2.33. The molecule has 1 atom stereocenters. The molecule has 1 aromatic rings. The average Bonchev–Trinajstić information content (AvgIpc) is 2.36. The molecule has 1 aliphatic heterocycles. The van der Waals surface area contributed by atoms with E-state index in [1.165, 1.54) is 6.07 Å². The summed E-state index contributed by atoms with van der Waals surface area (Å²) >= 11 is 3.10. The molecule has 1 aliphatic rings. The van der Waals surface area contributed by atoms with Gasteiger partial charge in [0.05, 0.1) is 10.5 Å². The Morgan fingerprint density at radius 3 is 2.56 bits per heavy atom. The number of alkyl halides is 1. The normalized spacial score (nSPS) is 18.2. The lowest BCUT2D eigenvalue weighted by Crippen LogP contribution is -2.45. The van der Waals surface area contributed by atoms with E-state index in [1.54, 1.807) is 12.1 Å². The van der Waals surface area contributed by atoms with Crippen molar-refractivity contribution in [1.82, 2.24) is 10.2 Å². The summed E-state index contributed by atoms with van der Waals surface area (Å²) in [6.45, 7) is 2.82. The lowest BCUT2D eigenvalue weighted by atomic mass is 10.1. The third-order valence-corrected chi connectivity index (χ3v) is 3.71. The fraction of sp³-hybridized carbons (Fsp3) is 0.500. The largest absolute Gasteiger partial charge is 0.314 e. The quantitative estimate of drug-likeness (QED) is 0.909. The van der Waals surface area contributed by atoms with E-state index >= 15 is 0 Å². The van der Waals surface area contributed by atoms with Crippen LogP contribution < -0.4 is 5.32 Å². The Hall–Kier alpha value is -0.230. The standard InChI is InChI=1S/C12H15BrF2N2.ClH/c13-10-2-1-9(7-11(10)15)12(8-14)17-5-3-16-4-6-17;/h1-2,7,12,16H,3-6,8H2;1H/t12-;/m0./s1. The van der Waals surface area contributed by atoms with Crippen LogP contribution in [0.5, 0.6) is 0 Å². The molecule has 1 heterocycles. The maximum absolute atomic E-state index is 13.4. The van der Waals surface area contributed by atoms with Crippen LogP contribution in [0, 0.1) is 5.82 Å². The van der Waals surface area contributed by atoms with Gasteiger partial charge in [0.25, 0.3) is 0 Å². The monoisotopic (exact) mass is 340 g/mol. The molecule has 0 radical (unpaired) electrons. The van der Waals surface area contributed by atoms with Gasteiger partial charge in [-0.15, -0.1) is 12.4 Å². The Morgan fingerprint density at radius 2 is 2.00 bits per heavy atom. The molecular formula is C12H16BrClF2N2. The lowest BCUT2D eigenvalue weighted by molar-refractivity contribution is 0.147. The predicted molar refractivity (Wildman–Crippen MR) is 74.5 cm³/mol. The van der Waals surface area contributed by atoms with Gasteiger partial charge in [-0.3, -0.25) is 4.90 Å². The Labute approximate surface area is 120 Å². The number of nitrogens with one attached hydrogen (secondary N) is 1. The molecular weight excluding hydrogens is 325 g/mol. The molecule has 0 saturated carbocycles. The van der Waals surface area contributed by atoms with Crippen molar-refractivity contribution in [2.45, 2.75) is 6.04 Å². The number of hydrogen-bond acceptors (Lipinski definition) is 2. The molecule has 6 heteroatoms. The smallest absolute Gasteiger partial charge is 0.137 e. The van der Waals surface area contributed by atoms with Gasteiger partial charge >= 0.3 is 0 Å². The molecule has 1 fully saturated rings. The van der Waals surface area contributed by atoms with E-state index in [1.807, 2.05) is 0 Å². The van der Waals surface area contributed by atoms with Crippen LogP contribution in [0.15, 0.2) is 22.7 Å². The number of halogens is 4. The van der Waals surface area contributed by atoms with Crippen molar-refractivity contribution < 1.29 is 8.78 Å². The molecule has 2 rings (SSSR count). The van der Waals surface area contributed by atoms with E-state index in [0.717, 1.165) is 26.2 Å². The number of hydrogen-bond donors (Lipinski definition) is 1. The molecule has 0 spiro atoms. The maximum Gasteiger partial charge on any atom is 0.137 e. The van der Waals surface area contributed by atoms with Gasteiger partial charge in [0.2, 0.25) is 0 Å². The Bertz CT molecular complexity index is 386. The van der Waals surface area contributed by atoms with Crippen LogP contribution in [-0.4, -0.2) is 37.8 Å². The fourth-order valence-corrected chi connectivity index (χ4v) is 2.36. The molecule has 18 heavy (non-hydrogen) atoms. The summed E-state index contributed by atoms with van der Waals surface area (Å²) in [5.74, 6) is -0.337. The van der Waals surface area contributed by atoms with Gasteiger partial charge in [0, 0.05) is 26.2 Å². The predicted octanol–water partition coefficient (Wildman–Crippen LogP) is 2.93. The molecule has 1 aromatic carbocycles. The van der Waals surface area contributed by atoms with Crippen molar-refractivity contribution in [2.24, 2.45) is 0 Å². The first-order chi connectivity index (χ1) is 8.22. The van der Waals surface area contributed by atoms with E-state index in [9.17, 15) is 8.78 Å². The van der Waals surface area contributed by atoms with Crippen LogP contribution in [0.25, 0.3) is 0 Å². The Balaban J connectivity index is 0.00000162. The first kappa shape index (κ1) is 15.8. The highest BCUT2D eigenvalue weighted by Crippen LogP contribution is 2.25. The second-order valence-corrected chi connectivity index (χ2v) is 4.98. The van der Waals surface area contributed by atoms with Crippen LogP contribution in [0.4, 0.5) is 8.78 Å². The summed E-state index contributed by atoms with van der Waals surface area (Å²) < 4.78 is 27.0. The van der Waals surface area contributed by atoms with Gasteiger partial charge < -0.3 is 5.32 Å². The molecule has 0 amide bonds. The Kier molecular flexibility index (Phi) is 6.49. The van der Waals surface area contributed by atoms with E-state index < -0.39 is 6.67 Å². The van der Waals surface area contributed by atoms with Crippen LogP contribution in [-0.2, 0) is 0 Å². The van der Waals surface area contributed by atoms with Crippen molar-refractivity contribution >= 4 is 28.3 Å². The second kappa shape index (κ2) is 7.38. The summed E-state index contributed by atoms with van der Waals surface area (Å²) in [5.41, 5.74) is 0.704. The summed E-state index contributed by atoms with van der Waals surface area (Å²) in [6, 6.07) is 4.49. The van der Waals surface area contributed by atoms with E-state index in [0.29, 0.717) is 10.0 Å². The van der Waals surface area contributed by atoms with Crippen LogP contribution in [0.2, 0.25) is 0 Å². The number of piperazine rings is 1. The third-order valence-electron chi connectivity index (χ3n) is 3.07.